The van der Waals surface area contributed by atoms with Crippen LogP contribution >= 0.6 is 0 Å². The number of urea groups is 1. The SMILES string of the molecule is CCN(CC)c1ccc(NC(=O)NCCCOc2c(C)cccc2C)c(C)c1. The van der Waals surface area contributed by atoms with Gasteiger partial charge in [0.1, 0.15) is 5.75 Å². The summed E-state index contributed by atoms with van der Waals surface area (Å²) in [5, 5.41) is 5.82. The van der Waals surface area contributed by atoms with E-state index in [4.69, 9.17) is 4.74 Å². The topological polar surface area (TPSA) is 53.6 Å². The molecule has 0 atom stereocenters. The molecule has 0 aliphatic heterocycles. The van der Waals surface area contributed by atoms with E-state index < -0.39 is 0 Å². The van der Waals surface area contributed by atoms with Crippen molar-refractivity contribution in [3.05, 3.63) is 53.1 Å². The quantitative estimate of drug-likeness (QED) is 0.596. The first-order valence-electron chi connectivity index (χ1n) is 10.1. The molecule has 152 valence electrons. The van der Waals surface area contributed by atoms with Crippen molar-refractivity contribution in [3.63, 3.8) is 0 Å². The zero-order chi connectivity index (χ0) is 20.5. The van der Waals surface area contributed by atoms with Gasteiger partial charge in [-0.15, -0.1) is 0 Å². The largest absolute Gasteiger partial charge is 0.493 e. The Morgan fingerprint density at radius 2 is 1.68 bits per heavy atom. The molecule has 0 saturated carbocycles. The van der Waals surface area contributed by atoms with Gasteiger partial charge < -0.3 is 20.3 Å². The standard InChI is InChI=1S/C23H33N3O2/c1-6-26(7-2)20-12-13-21(19(5)16-20)25-23(27)24-14-9-15-28-22-17(3)10-8-11-18(22)4/h8,10-13,16H,6-7,9,14-15H2,1-5H3,(H2,24,25,27). The van der Waals surface area contributed by atoms with Gasteiger partial charge in [-0.25, -0.2) is 4.79 Å². The summed E-state index contributed by atoms with van der Waals surface area (Å²) in [6.07, 6.45) is 0.751. The van der Waals surface area contributed by atoms with Crippen LogP contribution < -0.4 is 20.3 Å². The number of aryl methyl sites for hydroxylation is 3. The zero-order valence-electron chi connectivity index (χ0n) is 17.8. The molecule has 2 amide bonds. The Hall–Kier alpha value is -2.69. The van der Waals surface area contributed by atoms with Crippen LogP contribution in [0.5, 0.6) is 5.75 Å². The average molecular weight is 384 g/mol. The molecule has 0 aliphatic rings. The van der Waals surface area contributed by atoms with Gasteiger partial charge in [0.15, 0.2) is 0 Å². The van der Waals surface area contributed by atoms with Gasteiger partial charge in [-0.05, 0) is 75.9 Å². The second-order valence-electron chi connectivity index (χ2n) is 6.98. The Bertz CT molecular complexity index is 765. The summed E-state index contributed by atoms with van der Waals surface area (Å²) in [7, 11) is 0. The average Bonchev–Trinajstić information content (AvgIpc) is 2.66. The van der Waals surface area contributed by atoms with Crippen molar-refractivity contribution in [2.75, 3.05) is 36.5 Å². The Kier molecular flexibility index (Phi) is 8.18. The number of benzene rings is 2. The van der Waals surface area contributed by atoms with Crippen LogP contribution in [0, 0.1) is 20.8 Å². The van der Waals surface area contributed by atoms with E-state index in [2.05, 4.69) is 35.4 Å². The number of carbonyl (C=O) groups excluding carboxylic acids is 1. The van der Waals surface area contributed by atoms with Gasteiger partial charge in [-0.1, -0.05) is 18.2 Å². The van der Waals surface area contributed by atoms with Gasteiger partial charge in [0.2, 0.25) is 0 Å². The van der Waals surface area contributed by atoms with Crippen LogP contribution in [-0.4, -0.2) is 32.3 Å². The van der Waals surface area contributed by atoms with E-state index in [1.807, 2.05) is 51.1 Å². The van der Waals surface area contributed by atoms with E-state index in [0.717, 1.165) is 47.6 Å². The molecular weight excluding hydrogens is 350 g/mol. The lowest BCUT2D eigenvalue weighted by molar-refractivity contribution is 0.250. The molecule has 5 heteroatoms. The molecule has 0 radical (unpaired) electrons. The highest BCUT2D eigenvalue weighted by Crippen LogP contribution is 2.23. The minimum atomic E-state index is -0.189. The van der Waals surface area contributed by atoms with Crippen molar-refractivity contribution >= 4 is 17.4 Å². The fourth-order valence-electron chi connectivity index (χ4n) is 3.22. The summed E-state index contributed by atoms with van der Waals surface area (Å²) in [5.74, 6) is 0.941. The predicted molar refractivity (Wildman–Crippen MR) is 118 cm³/mol. The number of carbonyl (C=O) groups is 1. The minimum Gasteiger partial charge on any atom is -0.493 e. The minimum absolute atomic E-state index is 0.189. The van der Waals surface area contributed by atoms with Crippen molar-refractivity contribution in [2.45, 2.75) is 41.0 Å². The molecule has 0 bridgehead atoms. The number of hydrogen-bond acceptors (Lipinski definition) is 3. The highest BCUT2D eigenvalue weighted by Gasteiger charge is 2.08. The normalized spacial score (nSPS) is 10.5. The highest BCUT2D eigenvalue weighted by molar-refractivity contribution is 5.90. The van der Waals surface area contributed by atoms with Gasteiger partial charge in [-0.3, -0.25) is 0 Å². The Morgan fingerprint density at radius 3 is 2.29 bits per heavy atom. The summed E-state index contributed by atoms with van der Waals surface area (Å²) in [6, 6.07) is 12.1. The maximum absolute atomic E-state index is 12.2. The number of nitrogens with one attached hydrogen (secondary N) is 2. The zero-order valence-corrected chi connectivity index (χ0v) is 17.8. The van der Waals surface area contributed by atoms with Crippen LogP contribution in [0.15, 0.2) is 36.4 Å². The maximum atomic E-state index is 12.2. The maximum Gasteiger partial charge on any atom is 0.319 e. The van der Waals surface area contributed by atoms with Crippen LogP contribution in [0.3, 0.4) is 0 Å². The second-order valence-corrected chi connectivity index (χ2v) is 6.98. The molecule has 2 aromatic carbocycles. The third kappa shape index (κ3) is 5.91. The second kappa shape index (κ2) is 10.6. The smallest absolute Gasteiger partial charge is 0.319 e. The van der Waals surface area contributed by atoms with Crippen molar-refractivity contribution in [2.24, 2.45) is 0 Å². The molecule has 0 unspecified atom stereocenters. The number of hydrogen-bond donors (Lipinski definition) is 2. The predicted octanol–water partition coefficient (Wildman–Crippen LogP) is 5.05. The van der Waals surface area contributed by atoms with Crippen LogP contribution in [0.4, 0.5) is 16.2 Å². The van der Waals surface area contributed by atoms with Gasteiger partial charge in [0, 0.05) is 31.0 Å². The van der Waals surface area contributed by atoms with E-state index in [1.165, 1.54) is 5.69 Å². The van der Waals surface area contributed by atoms with E-state index >= 15 is 0 Å². The molecule has 0 aliphatic carbocycles. The molecule has 0 aromatic heterocycles. The molecule has 0 saturated heterocycles. The fourth-order valence-corrected chi connectivity index (χ4v) is 3.22. The summed E-state index contributed by atoms with van der Waals surface area (Å²) < 4.78 is 5.87. The third-order valence-corrected chi connectivity index (χ3v) is 4.85. The van der Waals surface area contributed by atoms with Crippen molar-refractivity contribution in [1.82, 2.24) is 5.32 Å². The number of amides is 2. The van der Waals surface area contributed by atoms with Crippen LogP contribution in [0.1, 0.15) is 37.0 Å². The van der Waals surface area contributed by atoms with Gasteiger partial charge in [-0.2, -0.15) is 0 Å². The molecule has 2 aromatic rings. The van der Waals surface area contributed by atoms with Crippen LogP contribution in [0.25, 0.3) is 0 Å². The summed E-state index contributed by atoms with van der Waals surface area (Å²) in [5.41, 5.74) is 5.33. The van der Waals surface area contributed by atoms with E-state index in [9.17, 15) is 4.79 Å². The molecule has 28 heavy (non-hydrogen) atoms. The Labute approximate surface area is 169 Å². The molecule has 2 N–H and O–H groups in total. The van der Waals surface area contributed by atoms with Crippen molar-refractivity contribution < 1.29 is 9.53 Å². The van der Waals surface area contributed by atoms with Crippen molar-refractivity contribution in [3.8, 4) is 5.75 Å². The Balaban J connectivity index is 1.77. The van der Waals surface area contributed by atoms with Gasteiger partial charge >= 0.3 is 6.03 Å². The van der Waals surface area contributed by atoms with Crippen LogP contribution in [0.2, 0.25) is 0 Å². The van der Waals surface area contributed by atoms with Crippen molar-refractivity contribution in [1.29, 1.82) is 0 Å². The number of ether oxygens (including phenoxy) is 1. The van der Waals surface area contributed by atoms with E-state index in [0.29, 0.717) is 13.2 Å². The number of rotatable bonds is 9. The first-order valence-corrected chi connectivity index (χ1v) is 10.1. The lowest BCUT2D eigenvalue weighted by atomic mass is 10.1. The first kappa shape index (κ1) is 21.6. The van der Waals surface area contributed by atoms with Crippen LogP contribution in [-0.2, 0) is 0 Å². The molecule has 0 fully saturated rings. The Morgan fingerprint density at radius 1 is 1.00 bits per heavy atom. The summed E-state index contributed by atoms with van der Waals surface area (Å²) >= 11 is 0. The molecule has 0 heterocycles. The summed E-state index contributed by atoms with van der Waals surface area (Å²) in [4.78, 5) is 14.4. The van der Waals surface area contributed by atoms with E-state index in [1.54, 1.807) is 0 Å². The monoisotopic (exact) mass is 383 g/mol. The summed E-state index contributed by atoms with van der Waals surface area (Å²) in [6.45, 7) is 13.5. The molecule has 0 spiro atoms. The highest BCUT2D eigenvalue weighted by atomic mass is 16.5. The number of anilines is 2. The van der Waals surface area contributed by atoms with Gasteiger partial charge in [0.05, 0.1) is 6.61 Å². The number of para-hydroxylation sites is 1. The lowest BCUT2D eigenvalue weighted by Crippen LogP contribution is -2.30. The molecule has 2 rings (SSSR count). The fraction of sp³-hybridized carbons (Fsp3) is 0.435. The number of nitrogens with zero attached hydrogens (tertiary/aromatic N) is 1. The lowest BCUT2D eigenvalue weighted by Gasteiger charge is -2.22. The van der Waals surface area contributed by atoms with E-state index in [-0.39, 0.29) is 6.03 Å². The van der Waals surface area contributed by atoms with Gasteiger partial charge in [0.25, 0.3) is 0 Å². The molecular formula is C23H33N3O2. The third-order valence-electron chi connectivity index (χ3n) is 4.85. The first-order chi connectivity index (χ1) is 13.5. The molecule has 5 nitrogen and oxygen atoms in total.